The van der Waals surface area contributed by atoms with Crippen molar-refractivity contribution in [2.24, 2.45) is 0 Å². The zero-order valence-corrected chi connectivity index (χ0v) is 10.5. The molecule has 1 heterocycles. The molecule has 3 nitrogen and oxygen atoms in total. The van der Waals surface area contributed by atoms with Gasteiger partial charge in [0.15, 0.2) is 0 Å². The molecule has 0 atom stereocenters. The molecule has 6 heteroatoms. The van der Waals surface area contributed by atoms with E-state index in [4.69, 9.17) is 0 Å². The van der Waals surface area contributed by atoms with Crippen molar-refractivity contribution in [2.45, 2.75) is 6.18 Å². The van der Waals surface area contributed by atoms with Gasteiger partial charge in [-0.3, -0.25) is 9.59 Å². The quantitative estimate of drug-likeness (QED) is 0.551. The number of halogens is 3. The number of alkyl halides is 3. The van der Waals surface area contributed by atoms with Gasteiger partial charge in [-0.15, -0.1) is 0 Å². The van der Waals surface area contributed by atoms with Gasteiger partial charge in [0.05, 0.1) is 11.1 Å². The molecule has 3 rings (SSSR count). The average Bonchev–Trinajstić information content (AvgIpc) is 2.46. The van der Waals surface area contributed by atoms with Crippen molar-refractivity contribution in [1.82, 2.24) is 4.98 Å². The summed E-state index contributed by atoms with van der Waals surface area (Å²) in [6, 6.07) is 10.2. The minimum absolute atomic E-state index is 0.0591. The zero-order valence-electron chi connectivity index (χ0n) is 10.5. The molecule has 0 bridgehead atoms. The number of aromatic amines is 1. The summed E-state index contributed by atoms with van der Waals surface area (Å²) in [7, 11) is 0. The highest BCUT2D eigenvalue weighted by atomic mass is 19.4. The highest BCUT2D eigenvalue weighted by molar-refractivity contribution is 6.08. The third-order valence-corrected chi connectivity index (χ3v) is 3.28. The van der Waals surface area contributed by atoms with E-state index in [1.165, 1.54) is 6.07 Å². The predicted octanol–water partition coefficient (Wildman–Crippen LogP) is 3.43. The molecule has 21 heavy (non-hydrogen) atoms. The van der Waals surface area contributed by atoms with Crippen LogP contribution in [-0.4, -0.2) is 16.9 Å². The maximum absolute atomic E-state index is 12.5. The van der Waals surface area contributed by atoms with Crippen LogP contribution in [0, 0.1) is 0 Å². The van der Waals surface area contributed by atoms with Gasteiger partial charge in [-0.05, 0) is 11.5 Å². The molecule has 0 unspecified atom stereocenters. The Morgan fingerprint density at radius 2 is 1.71 bits per heavy atom. The van der Waals surface area contributed by atoms with Crippen molar-refractivity contribution in [3.05, 3.63) is 58.4 Å². The summed E-state index contributed by atoms with van der Waals surface area (Å²) in [5.41, 5.74) is -1.40. The van der Waals surface area contributed by atoms with E-state index in [-0.39, 0.29) is 5.39 Å². The Morgan fingerprint density at radius 3 is 2.43 bits per heavy atom. The van der Waals surface area contributed by atoms with E-state index in [0.717, 1.165) is 11.6 Å². The fraction of sp³-hybridized carbons (Fsp3) is 0.0667. The number of hydrogen-bond acceptors (Lipinski definition) is 2. The molecule has 0 fully saturated rings. The smallest absolute Gasteiger partial charge is 0.360 e. The number of benzene rings is 2. The van der Waals surface area contributed by atoms with E-state index in [1.807, 2.05) is 12.1 Å². The summed E-state index contributed by atoms with van der Waals surface area (Å²) in [6.45, 7) is 0. The van der Waals surface area contributed by atoms with Crippen LogP contribution >= 0.6 is 0 Å². The first-order valence-electron chi connectivity index (χ1n) is 6.04. The van der Waals surface area contributed by atoms with Gasteiger partial charge < -0.3 is 4.98 Å². The molecule has 0 aliphatic carbocycles. The van der Waals surface area contributed by atoms with E-state index in [9.17, 15) is 22.8 Å². The van der Waals surface area contributed by atoms with Gasteiger partial charge in [0.25, 0.3) is 5.78 Å². The molecule has 106 valence electrons. The standard InChI is InChI=1S/C15H8F3NO2/c16-15(17,18)14(21)11-7-19-12-9-4-2-1-3-8(9)5-6-10(12)13(11)20/h1-7H,(H,19,20). The van der Waals surface area contributed by atoms with Gasteiger partial charge >= 0.3 is 6.18 Å². The highest BCUT2D eigenvalue weighted by Crippen LogP contribution is 2.24. The van der Waals surface area contributed by atoms with Crippen LogP contribution in [0.2, 0.25) is 0 Å². The van der Waals surface area contributed by atoms with Gasteiger partial charge in [-0.25, -0.2) is 0 Å². The monoisotopic (exact) mass is 291 g/mol. The first-order chi connectivity index (χ1) is 9.89. The van der Waals surface area contributed by atoms with E-state index in [1.54, 1.807) is 18.2 Å². The lowest BCUT2D eigenvalue weighted by molar-refractivity contribution is -0.0886. The summed E-state index contributed by atoms with van der Waals surface area (Å²) in [6.07, 6.45) is -4.25. The number of hydrogen-bond donors (Lipinski definition) is 1. The van der Waals surface area contributed by atoms with E-state index in [0.29, 0.717) is 10.9 Å². The first kappa shape index (κ1) is 13.4. The summed E-state index contributed by atoms with van der Waals surface area (Å²) in [5.74, 6) is -2.14. The van der Waals surface area contributed by atoms with Crippen LogP contribution < -0.4 is 5.43 Å². The fourth-order valence-electron chi connectivity index (χ4n) is 2.29. The van der Waals surface area contributed by atoms with Crippen molar-refractivity contribution < 1.29 is 18.0 Å². The first-order valence-corrected chi connectivity index (χ1v) is 6.04. The Morgan fingerprint density at radius 1 is 1.00 bits per heavy atom. The topological polar surface area (TPSA) is 49.9 Å². The van der Waals surface area contributed by atoms with Crippen LogP contribution in [0.4, 0.5) is 13.2 Å². The number of pyridine rings is 1. The molecule has 0 radical (unpaired) electrons. The van der Waals surface area contributed by atoms with Gasteiger partial charge in [-0.2, -0.15) is 13.2 Å². The summed E-state index contributed by atoms with van der Waals surface area (Å²) in [5, 5.41) is 1.61. The number of ketones is 1. The zero-order chi connectivity index (χ0) is 15.2. The number of H-pyrrole nitrogens is 1. The van der Waals surface area contributed by atoms with Crippen LogP contribution in [0.3, 0.4) is 0 Å². The Bertz CT molecular complexity index is 925. The summed E-state index contributed by atoms with van der Waals surface area (Å²) in [4.78, 5) is 26.0. The molecule has 0 aliphatic heterocycles. The summed E-state index contributed by atoms with van der Waals surface area (Å²) < 4.78 is 37.4. The van der Waals surface area contributed by atoms with Crippen LogP contribution in [0.5, 0.6) is 0 Å². The number of carbonyl (C=O) groups excluding carboxylic acids is 1. The predicted molar refractivity (Wildman–Crippen MR) is 72.5 cm³/mol. The Hall–Kier alpha value is -2.63. The lowest BCUT2D eigenvalue weighted by Crippen LogP contribution is -2.28. The Labute approximate surface area is 116 Å². The van der Waals surface area contributed by atoms with Crippen LogP contribution in [0.1, 0.15) is 10.4 Å². The number of Topliss-reactive ketones (excluding diaryl/α,β-unsaturated/α-hetero) is 1. The van der Waals surface area contributed by atoms with Crippen molar-refractivity contribution in [1.29, 1.82) is 0 Å². The minimum atomic E-state index is -5.07. The largest absolute Gasteiger partial charge is 0.455 e. The van der Waals surface area contributed by atoms with E-state index >= 15 is 0 Å². The molecule has 0 amide bonds. The van der Waals surface area contributed by atoms with Gasteiger partial charge in [0.1, 0.15) is 0 Å². The van der Waals surface area contributed by atoms with Gasteiger partial charge in [0.2, 0.25) is 5.43 Å². The lowest BCUT2D eigenvalue weighted by Gasteiger charge is -2.07. The van der Waals surface area contributed by atoms with Crippen molar-refractivity contribution in [3.8, 4) is 0 Å². The summed E-state index contributed by atoms with van der Waals surface area (Å²) >= 11 is 0. The van der Waals surface area contributed by atoms with E-state index in [2.05, 4.69) is 4.98 Å². The maximum Gasteiger partial charge on any atom is 0.455 e. The van der Waals surface area contributed by atoms with Crippen molar-refractivity contribution in [2.75, 3.05) is 0 Å². The Balaban J connectivity index is 2.35. The number of fused-ring (bicyclic) bond motifs is 3. The second-order valence-electron chi connectivity index (χ2n) is 4.57. The van der Waals surface area contributed by atoms with Crippen LogP contribution in [-0.2, 0) is 0 Å². The number of carbonyl (C=O) groups is 1. The van der Waals surface area contributed by atoms with Gasteiger partial charge in [-0.1, -0.05) is 30.3 Å². The molecule has 0 spiro atoms. The molecular weight excluding hydrogens is 283 g/mol. The van der Waals surface area contributed by atoms with Gasteiger partial charge in [0, 0.05) is 17.0 Å². The molecule has 0 saturated carbocycles. The molecule has 1 aromatic heterocycles. The molecule has 3 aromatic rings. The third kappa shape index (κ3) is 2.08. The molecule has 1 N–H and O–H groups in total. The molecule has 2 aromatic carbocycles. The maximum atomic E-state index is 12.5. The van der Waals surface area contributed by atoms with Crippen molar-refractivity contribution >= 4 is 27.5 Å². The number of nitrogens with one attached hydrogen (secondary N) is 1. The third-order valence-electron chi connectivity index (χ3n) is 3.28. The number of rotatable bonds is 1. The van der Waals surface area contributed by atoms with Crippen LogP contribution in [0.25, 0.3) is 21.7 Å². The fourth-order valence-corrected chi connectivity index (χ4v) is 2.29. The molecule has 0 saturated heterocycles. The molecule has 0 aliphatic rings. The lowest BCUT2D eigenvalue weighted by atomic mass is 10.0. The Kier molecular flexibility index (Phi) is 2.83. The van der Waals surface area contributed by atoms with Crippen molar-refractivity contribution in [3.63, 3.8) is 0 Å². The SMILES string of the molecule is O=C(c1c[nH]c2c(ccc3ccccc32)c1=O)C(F)(F)F. The second kappa shape index (κ2) is 4.44. The number of aromatic nitrogens is 1. The minimum Gasteiger partial charge on any atom is -0.360 e. The second-order valence-corrected chi connectivity index (χ2v) is 4.57. The molecular formula is C15H8F3NO2. The average molecular weight is 291 g/mol. The normalized spacial score (nSPS) is 12.0. The van der Waals surface area contributed by atoms with Crippen LogP contribution in [0.15, 0.2) is 47.4 Å². The highest BCUT2D eigenvalue weighted by Gasteiger charge is 2.40. The van der Waals surface area contributed by atoms with E-state index < -0.39 is 23.0 Å².